The fourth-order valence-corrected chi connectivity index (χ4v) is 1.81. The van der Waals surface area contributed by atoms with E-state index in [1.807, 2.05) is 12.3 Å². The van der Waals surface area contributed by atoms with Crippen LogP contribution in [0.2, 0.25) is 0 Å². The molecule has 17 heavy (non-hydrogen) atoms. The molecule has 88 valence electrons. The lowest BCUT2D eigenvalue weighted by Gasteiger charge is -2.06. The molecule has 1 aromatic carbocycles. The van der Waals surface area contributed by atoms with Crippen molar-refractivity contribution in [1.82, 2.24) is 4.98 Å². The van der Waals surface area contributed by atoms with E-state index in [-0.39, 0.29) is 0 Å². The van der Waals surface area contributed by atoms with E-state index < -0.39 is 0 Å². The Morgan fingerprint density at radius 2 is 1.82 bits per heavy atom. The van der Waals surface area contributed by atoms with E-state index in [4.69, 9.17) is 0 Å². The van der Waals surface area contributed by atoms with E-state index in [2.05, 4.69) is 54.5 Å². The number of nitrogens with zero attached hydrogens (tertiary/aromatic N) is 1. The molecule has 0 fully saturated rings. The Labute approximate surface area is 103 Å². The van der Waals surface area contributed by atoms with Crippen LogP contribution in [-0.2, 0) is 6.42 Å². The molecule has 0 atom stereocenters. The summed E-state index contributed by atoms with van der Waals surface area (Å²) in [5.41, 5.74) is 4.67. The van der Waals surface area contributed by atoms with Gasteiger partial charge in [-0.2, -0.15) is 0 Å². The zero-order valence-corrected chi connectivity index (χ0v) is 10.4. The van der Waals surface area contributed by atoms with Gasteiger partial charge in [-0.3, -0.25) is 4.98 Å². The number of aromatic nitrogens is 1. The zero-order chi connectivity index (χ0) is 12.1. The van der Waals surface area contributed by atoms with Crippen LogP contribution in [0, 0.1) is 0 Å². The Kier molecular flexibility index (Phi) is 3.76. The minimum absolute atomic E-state index is 0.929. The summed E-state index contributed by atoms with van der Waals surface area (Å²) in [5.74, 6) is 0. The maximum atomic E-state index is 4.41. The van der Waals surface area contributed by atoms with Gasteiger partial charge < -0.3 is 5.32 Å². The molecule has 0 aliphatic heterocycles. The van der Waals surface area contributed by atoms with Crippen LogP contribution in [0.25, 0.3) is 11.3 Å². The van der Waals surface area contributed by atoms with Gasteiger partial charge in [-0.1, -0.05) is 31.2 Å². The number of anilines is 1. The second-order valence-corrected chi connectivity index (χ2v) is 4.01. The summed E-state index contributed by atoms with van der Waals surface area (Å²) in [6, 6.07) is 12.7. The summed E-state index contributed by atoms with van der Waals surface area (Å²) >= 11 is 0. The van der Waals surface area contributed by atoms with E-state index in [9.17, 15) is 0 Å². The van der Waals surface area contributed by atoms with Crippen LogP contribution < -0.4 is 5.32 Å². The van der Waals surface area contributed by atoms with Crippen molar-refractivity contribution in [3.63, 3.8) is 0 Å². The van der Waals surface area contributed by atoms with E-state index in [0.717, 1.165) is 24.3 Å². The normalized spacial score (nSPS) is 10.2. The lowest BCUT2D eigenvalue weighted by Crippen LogP contribution is -1.97. The molecule has 2 aromatic rings. The number of pyridine rings is 1. The van der Waals surface area contributed by atoms with Crippen LogP contribution >= 0.6 is 0 Å². The van der Waals surface area contributed by atoms with Gasteiger partial charge in [0.15, 0.2) is 0 Å². The second-order valence-electron chi connectivity index (χ2n) is 4.01. The predicted molar refractivity (Wildman–Crippen MR) is 73.2 cm³/mol. The molecule has 0 aliphatic rings. The van der Waals surface area contributed by atoms with Crippen LogP contribution in [0.4, 0.5) is 5.69 Å². The van der Waals surface area contributed by atoms with Gasteiger partial charge in [0.25, 0.3) is 0 Å². The highest BCUT2D eigenvalue weighted by Gasteiger charge is 2.00. The number of benzene rings is 1. The lowest BCUT2D eigenvalue weighted by molar-refractivity contribution is 1.14. The summed E-state index contributed by atoms with van der Waals surface area (Å²) < 4.78 is 0. The molecule has 1 aromatic heterocycles. The van der Waals surface area contributed by atoms with Gasteiger partial charge in [0.1, 0.15) is 0 Å². The molecule has 0 aliphatic carbocycles. The number of rotatable bonds is 4. The Balaban J connectivity index is 2.28. The fourth-order valence-electron chi connectivity index (χ4n) is 1.81. The highest BCUT2D eigenvalue weighted by atomic mass is 14.9. The largest absolute Gasteiger partial charge is 0.385 e. The van der Waals surface area contributed by atoms with Crippen molar-refractivity contribution in [2.75, 3.05) is 11.9 Å². The maximum absolute atomic E-state index is 4.41. The van der Waals surface area contributed by atoms with Crippen LogP contribution in [0.3, 0.4) is 0 Å². The summed E-state index contributed by atoms with van der Waals surface area (Å²) in [6.07, 6.45) is 2.92. The SMILES string of the molecule is CCNc1ccnc(-c2ccc(CC)cc2)c1. The second kappa shape index (κ2) is 5.48. The molecule has 0 amide bonds. The first-order valence-electron chi connectivity index (χ1n) is 6.12. The highest BCUT2D eigenvalue weighted by Crippen LogP contribution is 2.20. The maximum Gasteiger partial charge on any atom is 0.0722 e. The van der Waals surface area contributed by atoms with E-state index in [1.54, 1.807) is 0 Å². The Morgan fingerprint density at radius 1 is 1.06 bits per heavy atom. The molecule has 0 saturated carbocycles. The minimum Gasteiger partial charge on any atom is -0.385 e. The average Bonchev–Trinajstić information content (AvgIpc) is 2.40. The quantitative estimate of drug-likeness (QED) is 0.859. The van der Waals surface area contributed by atoms with E-state index >= 15 is 0 Å². The molecule has 2 heteroatoms. The number of hydrogen-bond acceptors (Lipinski definition) is 2. The predicted octanol–water partition coefficient (Wildman–Crippen LogP) is 3.74. The van der Waals surface area contributed by atoms with Crippen molar-refractivity contribution < 1.29 is 0 Å². The third-order valence-corrected chi connectivity index (χ3v) is 2.80. The van der Waals surface area contributed by atoms with Crippen molar-refractivity contribution in [3.8, 4) is 11.3 Å². The molecule has 1 heterocycles. The summed E-state index contributed by atoms with van der Waals surface area (Å²) in [7, 11) is 0. The summed E-state index contributed by atoms with van der Waals surface area (Å²) in [4.78, 5) is 4.41. The molecule has 2 rings (SSSR count). The van der Waals surface area contributed by atoms with Crippen molar-refractivity contribution in [2.45, 2.75) is 20.3 Å². The van der Waals surface area contributed by atoms with Crippen LogP contribution in [-0.4, -0.2) is 11.5 Å². The molecule has 0 radical (unpaired) electrons. The van der Waals surface area contributed by atoms with Crippen molar-refractivity contribution in [3.05, 3.63) is 48.2 Å². The molecular weight excluding hydrogens is 208 g/mol. The topological polar surface area (TPSA) is 24.9 Å². The molecule has 2 nitrogen and oxygen atoms in total. The molecule has 0 bridgehead atoms. The van der Waals surface area contributed by atoms with E-state index in [1.165, 1.54) is 11.1 Å². The first kappa shape index (κ1) is 11.6. The third kappa shape index (κ3) is 2.84. The first-order chi connectivity index (χ1) is 8.33. The van der Waals surface area contributed by atoms with Crippen molar-refractivity contribution >= 4 is 5.69 Å². The molecule has 0 unspecified atom stereocenters. The number of hydrogen-bond donors (Lipinski definition) is 1. The zero-order valence-electron chi connectivity index (χ0n) is 10.4. The van der Waals surface area contributed by atoms with Crippen molar-refractivity contribution in [2.24, 2.45) is 0 Å². The first-order valence-corrected chi connectivity index (χ1v) is 6.12. The lowest BCUT2D eigenvalue weighted by atomic mass is 10.1. The Morgan fingerprint density at radius 3 is 2.47 bits per heavy atom. The van der Waals surface area contributed by atoms with Crippen LogP contribution in [0.15, 0.2) is 42.6 Å². The van der Waals surface area contributed by atoms with Gasteiger partial charge in [0, 0.05) is 24.0 Å². The monoisotopic (exact) mass is 226 g/mol. The number of aryl methyl sites for hydroxylation is 1. The molecule has 0 saturated heterocycles. The van der Waals surface area contributed by atoms with Gasteiger partial charge in [0.05, 0.1) is 5.69 Å². The fraction of sp³-hybridized carbons (Fsp3) is 0.267. The van der Waals surface area contributed by atoms with Gasteiger partial charge in [0.2, 0.25) is 0 Å². The van der Waals surface area contributed by atoms with Gasteiger partial charge in [-0.15, -0.1) is 0 Å². The smallest absolute Gasteiger partial charge is 0.0722 e. The highest BCUT2D eigenvalue weighted by molar-refractivity contribution is 5.64. The third-order valence-electron chi connectivity index (χ3n) is 2.80. The minimum atomic E-state index is 0.929. The summed E-state index contributed by atoms with van der Waals surface area (Å²) in [5, 5.41) is 3.30. The van der Waals surface area contributed by atoms with Crippen LogP contribution in [0.5, 0.6) is 0 Å². The van der Waals surface area contributed by atoms with Crippen LogP contribution in [0.1, 0.15) is 19.4 Å². The Hall–Kier alpha value is -1.83. The standard InChI is InChI=1S/C15H18N2/c1-3-12-5-7-13(8-6-12)15-11-14(16-4-2)9-10-17-15/h5-11H,3-4H2,1-2H3,(H,16,17). The molecule has 0 spiro atoms. The van der Waals surface area contributed by atoms with Gasteiger partial charge in [-0.05, 0) is 31.0 Å². The Bertz CT molecular complexity index is 475. The summed E-state index contributed by atoms with van der Waals surface area (Å²) in [6.45, 7) is 5.19. The van der Waals surface area contributed by atoms with E-state index in [0.29, 0.717) is 0 Å². The van der Waals surface area contributed by atoms with Crippen molar-refractivity contribution in [1.29, 1.82) is 0 Å². The molecule has 1 N–H and O–H groups in total. The van der Waals surface area contributed by atoms with Gasteiger partial charge >= 0.3 is 0 Å². The molecular formula is C15H18N2. The van der Waals surface area contributed by atoms with Gasteiger partial charge in [-0.25, -0.2) is 0 Å². The average molecular weight is 226 g/mol. The number of nitrogens with one attached hydrogen (secondary N) is 1.